The number of carbonyl (C=O) groups is 2. The van der Waals surface area contributed by atoms with Gasteiger partial charge >= 0.3 is 11.9 Å². The van der Waals surface area contributed by atoms with Crippen molar-refractivity contribution in [2.45, 2.75) is 0 Å². The van der Waals surface area contributed by atoms with Crippen LogP contribution in [0.25, 0.3) is 0 Å². The highest BCUT2D eigenvalue weighted by molar-refractivity contribution is 6.30. The number of carbonyl (C=O) groups excluding carboxylic acids is 2. The van der Waals surface area contributed by atoms with Gasteiger partial charge in [-0.2, -0.15) is 0 Å². The average molecular weight is 230 g/mol. The lowest BCUT2D eigenvalue weighted by Gasteiger charge is -2.25. The smallest absolute Gasteiger partial charge is 0.338 e. The van der Waals surface area contributed by atoms with E-state index in [1.165, 1.54) is 0 Å². The highest BCUT2D eigenvalue weighted by Crippen LogP contribution is 2.20. The van der Waals surface area contributed by atoms with E-state index in [1.54, 1.807) is 0 Å². The van der Waals surface area contributed by atoms with Crippen LogP contribution in [-0.4, -0.2) is 11.9 Å². The van der Waals surface area contributed by atoms with E-state index in [9.17, 15) is 18.4 Å². The number of hydrogen-bond acceptors (Lipinski definition) is 6. The van der Waals surface area contributed by atoms with Gasteiger partial charge in [0, 0.05) is 6.07 Å². The first-order chi connectivity index (χ1) is 7.58. The first-order valence-electron chi connectivity index (χ1n) is 4.02. The Labute approximate surface area is 87.2 Å². The zero-order chi connectivity index (χ0) is 11.7. The first-order valence-corrected chi connectivity index (χ1v) is 4.02. The molecule has 0 atom stereocenters. The van der Waals surface area contributed by atoms with Crippen LogP contribution in [0, 0.1) is 11.6 Å². The van der Waals surface area contributed by atoms with Crippen LogP contribution in [0.2, 0.25) is 0 Å². The Balaban J connectivity index is 2.25. The molecule has 1 saturated heterocycles. The van der Waals surface area contributed by atoms with Crippen molar-refractivity contribution < 1.29 is 28.0 Å². The molecule has 1 fully saturated rings. The third-order valence-electron chi connectivity index (χ3n) is 1.69. The molecule has 8 heteroatoms. The molecule has 6 nitrogen and oxygen atoms in total. The van der Waals surface area contributed by atoms with Gasteiger partial charge in [-0.15, -0.1) is 0 Å². The maximum absolute atomic E-state index is 13.2. The van der Waals surface area contributed by atoms with Crippen molar-refractivity contribution in [3.63, 3.8) is 0 Å². The van der Waals surface area contributed by atoms with E-state index in [0.29, 0.717) is 11.2 Å². The number of hydrazine groups is 1. The molecule has 0 amide bonds. The monoisotopic (exact) mass is 230 g/mol. The molecule has 0 aromatic heterocycles. The minimum Gasteiger partial charge on any atom is -0.338 e. The zero-order valence-electron chi connectivity index (χ0n) is 7.57. The number of anilines is 1. The predicted molar refractivity (Wildman–Crippen MR) is 44.2 cm³/mol. The molecule has 1 aliphatic heterocycles. The minimum absolute atomic E-state index is 0.303. The van der Waals surface area contributed by atoms with Gasteiger partial charge in [0.15, 0.2) is 5.82 Å². The van der Waals surface area contributed by atoms with Gasteiger partial charge in [0.05, 0.1) is 0 Å². The van der Waals surface area contributed by atoms with Crippen molar-refractivity contribution in [2.75, 3.05) is 5.17 Å². The third-order valence-corrected chi connectivity index (χ3v) is 1.69. The molecule has 0 unspecified atom stereocenters. The lowest BCUT2D eigenvalue weighted by molar-refractivity contribution is -0.192. The molecule has 1 aliphatic rings. The molecule has 1 N–H and O–H groups in total. The van der Waals surface area contributed by atoms with Crippen LogP contribution < -0.4 is 10.8 Å². The molecule has 0 bridgehead atoms. The predicted octanol–water partition coefficient (Wildman–Crippen LogP) is 0.206. The summed E-state index contributed by atoms with van der Waals surface area (Å²) >= 11 is 0. The fourth-order valence-electron chi connectivity index (χ4n) is 1.01. The van der Waals surface area contributed by atoms with E-state index in [-0.39, 0.29) is 5.69 Å². The summed E-state index contributed by atoms with van der Waals surface area (Å²) in [5.41, 5.74) is 1.55. The Morgan fingerprint density at radius 3 is 2.56 bits per heavy atom. The molecule has 84 valence electrons. The Morgan fingerprint density at radius 2 is 1.94 bits per heavy atom. The molecule has 16 heavy (non-hydrogen) atoms. The Bertz CT molecular complexity index is 465. The van der Waals surface area contributed by atoms with Crippen molar-refractivity contribution in [3.8, 4) is 0 Å². The van der Waals surface area contributed by atoms with Crippen LogP contribution in [-0.2, 0) is 19.3 Å². The molecule has 0 aliphatic carbocycles. The van der Waals surface area contributed by atoms with E-state index in [4.69, 9.17) is 0 Å². The fraction of sp³-hybridized carbons (Fsp3) is 0. The van der Waals surface area contributed by atoms with Gasteiger partial charge in [0.2, 0.25) is 0 Å². The van der Waals surface area contributed by atoms with Gasteiger partial charge < -0.3 is 9.68 Å². The number of rotatable bonds is 1. The summed E-state index contributed by atoms with van der Waals surface area (Å²) in [6.45, 7) is 0. The molecule has 1 heterocycles. The Hall–Kier alpha value is -2.22. The van der Waals surface area contributed by atoms with E-state index >= 15 is 0 Å². The van der Waals surface area contributed by atoms with Gasteiger partial charge in [0.25, 0.3) is 0 Å². The number of halogens is 2. The van der Waals surface area contributed by atoms with Crippen molar-refractivity contribution >= 4 is 17.6 Å². The van der Waals surface area contributed by atoms with Crippen LogP contribution in [0.4, 0.5) is 14.5 Å². The van der Waals surface area contributed by atoms with Crippen LogP contribution in [0.15, 0.2) is 18.2 Å². The zero-order valence-corrected chi connectivity index (χ0v) is 7.57. The average Bonchev–Trinajstić information content (AvgIpc) is 2.22. The maximum atomic E-state index is 13.2. The fourth-order valence-corrected chi connectivity index (χ4v) is 1.01. The summed E-state index contributed by atoms with van der Waals surface area (Å²) in [4.78, 5) is 29.8. The summed E-state index contributed by atoms with van der Waals surface area (Å²) in [5, 5.41) is 0.471. The minimum atomic E-state index is -1.32. The number of nitrogens with zero attached hydrogens (tertiary/aromatic N) is 1. The second-order valence-corrected chi connectivity index (χ2v) is 2.75. The summed E-state index contributed by atoms with van der Waals surface area (Å²) in [5.74, 6) is -4.36. The van der Waals surface area contributed by atoms with Crippen LogP contribution >= 0.6 is 0 Å². The van der Waals surface area contributed by atoms with Gasteiger partial charge in [-0.1, -0.05) is 5.17 Å². The summed E-state index contributed by atoms with van der Waals surface area (Å²) < 4.78 is 25.8. The molecule has 1 aromatic rings. The molecular formula is C8H4F2N2O4. The van der Waals surface area contributed by atoms with Crippen LogP contribution in [0.5, 0.6) is 0 Å². The maximum Gasteiger partial charge on any atom is 0.444 e. The van der Waals surface area contributed by atoms with Crippen molar-refractivity contribution in [1.29, 1.82) is 0 Å². The standard InChI is InChI=1S/C8H4F2N2O4/c9-4-1-2-6(5(10)3-4)12-11-15-7(13)8(14)16-12/h1-3,11H. The number of hydrogen-bond donors (Lipinski definition) is 1. The SMILES string of the molecule is O=C1ONN(c2ccc(F)cc2F)OC1=O. The first kappa shape index (κ1) is 10.3. The van der Waals surface area contributed by atoms with Crippen molar-refractivity contribution in [3.05, 3.63) is 29.8 Å². The normalized spacial score (nSPS) is 15.8. The summed E-state index contributed by atoms with van der Waals surface area (Å²) in [6.07, 6.45) is 0. The quantitative estimate of drug-likeness (QED) is 0.695. The second-order valence-electron chi connectivity index (χ2n) is 2.75. The number of benzene rings is 1. The second kappa shape index (κ2) is 3.74. The van der Waals surface area contributed by atoms with Crippen LogP contribution in [0.3, 0.4) is 0 Å². The molecule has 1 aromatic carbocycles. The van der Waals surface area contributed by atoms with E-state index in [2.05, 4.69) is 9.68 Å². The Morgan fingerprint density at radius 1 is 1.19 bits per heavy atom. The largest absolute Gasteiger partial charge is 0.444 e. The summed E-state index contributed by atoms with van der Waals surface area (Å²) in [7, 11) is 0. The molecule has 0 saturated carbocycles. The van der Waals surface area contributed by atoms with Gasteiger partial charge in [-0.3, -0.25) is 0 Å². The molecule has 0 radical (unpaired) electrons. The van der Waals surface area contributed by atoms with Crippen molar-refractivity contribution in [1.82, 2.24) is 5.59 Å². The number of nitrogens with one attached hydrogen (secondary N) is 1. The lowest BCUT2D eigenvalue weighted by Crippen LogP contribution is -2.49. The lowest BCUT2D eigenvalue weighted by atomic mass is 10.3. The highest BCUT2D eigenvalue weighted by atomic mass is 19.1. The summed E-state index contributed by atoms with van der Waals surface area (Å²) in [6, 6.07) is 2.54. The van der Waals surface area contributed by atoms with Crippen molar-refractivity contribution in [2.24, 2.45) is 0 Å². The third kappa shape index (κ3) is 1.77. The van der Waals surface area contributed by atoms with Gasteiger partial charge in [0.1, 0.15) is 11.5 Å². The molecule has 2 rings (SSSR count). The highest BCUT2D eigenvalue weighted by Gasteiger charge is 2.30. The van der Waals surface area contributed by atoms with E-state index in [0.717, 1.165) is 12.1 Å². The van der Waals surface area contributed by atoms with Gasteiger partial charge in [-0.25, -0.2) is 18.4 Å². The molecular weight excluding hydrogens is 226 g/mol. The topological polar surface area (TPSA) is 67.9 Å². The van der Waals surface area contributed by atoms with E-state index < -0.39 is 23.6 Å². The van der Waals surface area contributed by atoms with E-state index in [1.807, 2.05) is 5.59 Å². The molecule has 0 spiro atoms. The Kier molecular flexibility index (Phi) is 2.41. The van der Waals surface area contributed by atoms with Gasteiger partial charge in [-0.05, 0) is 17.7 Å². The van der Waals surface area contributed by atoms with Crippen LogP contribution in [0.1, 0.15) is 0 Å².